The van der Waals surface area contributed by atoms with Crippen molar-refractivity contribution in [1.82, 2.24) is 5.32 Å². The van der Waals surface area contributed by atoms with Crippen LogP contribution in [0.25, 0.3) is 0 Å². The molecule has 1 saturated heterocycles. The average molecular weight is 456 g/mol. The number of ether oxygens (including phenoxy) is 3. The van der Waals surface area contributed by atoms with Gasteiger partial charge in [-0.15, -0.1) is 6.58 Å². The van der Waals surface area contributed by atoms with E-state index in [0.29, 0.717) is 6.61 Å². The van der Waals surface area contributed by atoms with Gasteiger partial charge in [-0.1, -0.05) is 33.8 Å². The molecule has 31 heavy (non-hydrogen) atoms. The standard InChI is InChI=1S/C24H45NO5Si/c1-13-17-14-16(2)18-19(29-23(9,10)28-18)24(17,25-20(26)30-21(3,4)5)15-27-31(11,12)22(6,7)8/h13,16-19H,1,14-15H2,2-12H3,(H,25,26)/t16-,17+,18+,19-,24-/m1/s1. The van der Waals surface area contributed by atoms with Crippen LogP contribution in [0.15, 0.2) is 12.7 Å². The zero-order chi connectivity index (χ0) is 24.0. The SMILES string of the molecule is C=C[C@H]1C[C@@H](C)[C@@H]2OC(C)(C)O[C@H]2[C@]1(CO[Si](C)(C)C(C)(C)C)NC(=O)OC(C)(C)C. The lowest BCUT2D eigenvalue weighted by Gasteiger charge is -2.52. The van der Waals surface area contributed by atoms with E-state index in [9.17, 15) is 4.79 Å². The summed E-state index contributed by atoms with van der Waals surface area (Å²) in [5.41, 5.74) is -1.44. The van der Waals surface area contributed by atoms with Crippen molar-refractivity contribution in [3.05, 3.63) is 12.7 Å². The summed E-state index contributed by atoms with van der Waals surface area (Å²) >= 11 is 0. The summed E-state index contributed by atoms with van der Waals surface area (Å²) in [5, 5.41) is 3.24. The zero-order valence-electron chi connectivity index (χ0n) is 21.5. The van der Waals surface area contributed by atoms with Crippen LogP contribution in [0.2, 0.25) is 18.1 Å². The van der Waals surface area contributed by atoms with Crippen LogP contribution in [-0.4, -0.2) is 50.2 Å². The fourth-order valence-electron chi connectivity index (χ4n) is 4.26. The van der Waals surface area contributed by atoms with Crippen molar-refractivity contribution < 1.29 is 23.4 Å². The van der Waals surface area contributed by atoms with Gasteiger partial charge in [0.2, 0.25) is 0 Å². The molecule has 0 radical (unpaired) electrons. The fraction of sp³-hybridized carbons (Fsp3) is 0.875. The number of rotatable bonds is 5. The molecule has 0 aromatic carbocycles. The molecule has 1 saturated carbocycles. The average Bonchev–Trinajstić information content (AvgIpc) is 2.89. The van der Waals surface area contributed by atoms with E-state index in [-0.39, 0.29) is 29.1 Å². The van der Waals surface area contributed by atoms with Crippen LogP contribution in [0, 0.1) is 11.8 Å². The molecule has 0 unspecified atom stereocenters. The Morgan fingerprint density at radius 3 is 2.26 bits per heavy atom. The van der Waals surface area contributed by atoms with Crippen LogP contribution in [0.5, 0.6) is 0 Å². The van der Waals surface area contributed by atoms with Crippen molar-refractivity contribution in [2.45, 2.75) is 116 Å². The van der Waals surface area contributed by atoms with Gasteiger partial charge in [-0.2, -0.15) is 0 Å². The Morgan fingerprint density at radius 1 is 1.19 bits per heavy atom. The summed E-state index contributed by atoms with van der Waals surface area (Å²) < 4.78 is 25.1. The first-order valence-electron chi connectivity index (χ1n) is 11.5. The molecule has 1 heterocycles. The number of alkyl carbamates (subject to hydrolysis) is 1. The molecule has 5 atom stereocenters. The maximum Gasteiger partial charge on any atom is 0.408 e. The minimum Gasteiger partial charge on any atom is -0.444 e. The lowest BCUT2D eigenvalue weighted by Crippen LogP contribution is -2.70. The van der Waals surface area contributed by atoms with Crippen LogP contribution < -0.4 is 5.32 Å². The number of fused-ring (bicyclic) bond motifs is 1. The van der Waals surface area contributed by atoms with Gasteiger partial charge in [0.1, 0.15) is 17.2 Å². The van der Waals surface area contributed by atoms with E-state index in [1.54, 1.807) is 0 Å². The van der Waals surface area contributed by atoms with Crippen molar-refractivity contribution >= 4 is 14.4 Å². The largest absolute Gasteiger partial charge is 0.444 e. The normalized spacial score (nSPS) is 33.5. The van der Waals surface area contributed by atoms with Crippen molar-refractivity contribution in [2.24, 2.45) is 11.8 Å². The van der Waals surface area contributed by atoms with Gasteiger partial charge < -0.3 is 24.0 Å². The molecule has 2 aliphatic rings. The van der Waals surface area contributed by atoms with Crippen LogP contribution in [0.1, 0.15) is 68.7 Å². The molecule has 0 bridgehead atoms. The van der Waals surface area contributed by atoms with Crippen molar-refractivity contribution in [3.63, 3.8) is 0 Å². The Morgan fingerprint density at radius 2 is 1.77 bits per heavy atom. The Labute approximate surface area is 190 Å². The highest BCUT2D eigenvalue weighted by Crippen LogP contribution is 2.49. The van der Waals surface area contributed by atoms with Crippen molar-refractivity contribution in [2.75, 3.05) is 6.61 Å². The predicted molar refractivity (Wildman–Crippen MR) is 127 cm³/mol. The maximum atomic E-state index is 13.0. The highest BCUT2D eigenvalue weighted by atomic mass is 28.4. The van der Waals surface area contributed by atoms with E-state index < -0.39 is 31.3 Å². The zero-order valence-corrected chi connectivity index (χ0v) is 22.5. The summed E-state index contributed by atoms with van der Waals surface area (Å²) in [6.07, 6.45) is 1.75. The van der Waals surface area contributed by atoms with E-state index in [2.05, 4.69) is 52.7 Å². The number of carbonyl (C=O) groups excluding carboxylic acids is 1. The highest BCUT2D eigenvalue weighted by Gasteiger charge is 2.62. The molecule has 2 fully saturated rings. The molecule has 1 amide bonds. The minimum absolute atomic E-state index is 0.0391. The molecule has 180 valence electrons. The van der Waals surface area contributed by atoms with Gasteiger partial charge in [0.25, 0.3) is 0 Å². The first-order valence-corrected chi connectivity index (χ1v) is 14.4. The lowest BCUT2D eigenvalue weighted by molar-refractivity contribution is -0.155. The molecule has 1 aliphatic heterocycles. The monoisotopic (exact) mass is 455 g/mol. The van der Waals surface area contributed by atoms with Crippen molar-refractivity contribution in [1.29, 1.82) is 0 Å². The molecule has 1 N–H and O–H groups in total. The smallest absolute Gasteiger partial charge is 0.408 e. The third kappa shape index (κ3) is 5.73. The molecular weight excluding hydrogens is 410 g/mol. The molecule has 0 spiro atoms. The predicted octanol–water partition coefficient (Wildman–Crippen LogP) is 5.63. The van der Waals surface area contributed by atoms with Crippen LogP contribution in [0.3, 0.4) is 0 Å². The molecule has 2 rings (SSSR count). The highest BCUT2D eigenvalue weighted by molar-refractivity contribution is 6.74. The number of amides is 1. The molecular formula is C24H45NO5Si. The fourth-order valence-corrected chi connectivity index (χ4v) is 5.30. The van der Waals surface area contributed by atoms with E-state index in [1.165, 1.54) is 0 Å². The van der Waals surface area contributed by atoms with Gasteiger partial charge in [-0.25, -0.2) is 4.79 Å². The van der Waals surface area contributed by atoms with Crippen LogP contribution in [-0.2, 0) is 18.6 Å². The quantitative estimate of drug-likeness (QED) is 0.430. The summed E-state index contributed by atoms with van der Waals surface area (Å²) in [6, 6.07) is 0. The second-order valence-corrected chi connectivity index (χ2v) is 17.1. The summed E-state index contributed by atoms with van der Waals surface area (Å²) in [4.78, 5) is 13.0. The molecule has 7 heteroatoms. The van der Waals surface area contributed by atoms with Gasteiger partial charge in [-0.3, -0.25) is 0 Å². The van der Waals surface area contributed by atoms with Gasteiger partial charge in [0.05, 0.1) is 12.7 Å². The van der Waals surface area contributed by atoms with Crippen LogP contribution >= 0.6 is 0 Å². The molecule has 6 nitrogen and oxygen atoms in total. The van der Waals surface area contributed by atoms with E-state index in [4.69, 9.17) is 18.6 Å². The molecule has 0 aromatic rings. The number of carbonyl (C=O) groups is 1. The second kappa shape index (κ2) is 8.47. The van der Waals surface area contributed by atoms with Crippen molar-refractivity contribution in [3.8, 4) is 0 Å². The summed E-state index contributed by atoms with van der Waals surface area (Å²) in [5.74, 6) is -0.521. The first kappa shape index (κ1) is 26.4. The second-order valence-electron chi connectivity index (χ2n) is 12.3. The third-order valence-corrected chi connectivity index (χ3v) is 11.5. The Bertz CT molecular complexity index is 678. The van der Waals surface area contributed by atoms with Gasteiger partial charge >= 0.3 is 6.09 Å². The molecule has 1 aliphatic carbocycles. The first-order chi connectivity index (χ1) is 13.8. The molecule has 0 aromatic heterocycles. The Balaban J connectivity index is 2.49. The Kier molecular flexibility index (Phi) is 7.20. The van der Waals surface area contributed by atoms with Crippen LogP contribution in [0.4, 0.5) is 4.79 Å². The van der Waals surface area contributed by atoms with E-state index >= 15 is 0 Å². The van der Waals surface area contributed by atoms with Gasteiger partial charge in [0, 0.05) is 5.92 Å². The Hall–Kier alpha value is -0.893. The minimum atomic E-state index is -2.10. The summed E-state index contributed by atoms with van der Waals surface area (Å²) in [6.45, 7) is 27.1. The third-order valence-electron chi connectivity index (χ3n) is 6.98. The van der Waals surface area contributed by atoms with Gasteiger partial charge in [0.15, 0.2) is 14.1 Å². The number of nitrogens with one attached hydrogen (secondary N) is 1. The van der Waals surface area contributed by atoms with E-state index in [1.807, 2.05) is 40.7 Å². The van der Waals surface area contributed by atoms with Gasteiger partial charge in [-0.05, 0) is 65.1 Å². The van der Waals surface area contributed by atoms with E-state index in [0.717, 1.165) is 6.42 Å². The lowest BCUT2D eigenvalue weighted by atomic mass is 9.66. The topological polar surface area (TPSA) is 66.0 Å². The maximum absolute atomic E-state index is 13.0. The number of hydrogen-bond donors (Lipinski definition) is 1. The summed E-state index contributed by atoms with van der Waals surface area (Å²) in [7, 11) is -2.10. The number of hydrogen-bond acceptors (Lipinski definition) is 5.